The van der Waals surface area contributed by atoms with Crippen molar-refractivity contribution in [1.82, 2.24) is 4.90 Å². The second-order valence-corrected chi connectivity index (χ2v) is 8.00. The Labute approximate surface area is 185 Å². The summed E-state index contributed by atoms with van der Waals surface area (Å²) in [6.07, 6.45) is 0.562. The van der Waals surface area contributed by atoms with Crippen LogP contribution in [0.1, 0.15) is 23.6 Å². The standard InChI is InChI=1S/C27H31NO3/c1-22(20-29)21-31-27(30)26(17-23-11-5-2-6-12-23)28(18-24-13-7-3-8-14-24)19-25-15-9-4-10-16-25/h2-16,22,26,29H,17-21H2,1H3/t22-,26-/m1/s1. The minimum absolute atomic E-state index is 0.00558. The van der Waals surface area contributed by atoms with Gasteiger partial charge in [-0.25, -0.2) is 0 Å². The molecule has 0 spiro atoms. The molecule has 0 saturated carbocycles. The zero-order valence-electron chi connectivity index (χ0n) is 18.1. The third kappa shape index (κ3) is 7.35. The molecule has 31 heavy (non-hydrogen) atoms. The molecule has 162 valence electrons. The summed E-state index contributed by atoms with van der Waals surface area (Å²) < 4.78 is 5.64. The Morgan fingerprint density at radius 2 is 1.26 bits per heavy atom. The number of benzene rings is 3. The van der Waals surface area contributed by atoms with Crippen LogP contribution in [-0.2, 0) is 29.0 Å². The zero-order chi connectivity index (χ0) is 21.9. The molecule has 3 rings (SSSR count). The van der Waals surface area contributed by atoms with Gasteiger partial charge in [0.05, 0.1) is 6.61 Å². The summed E-state index contributed by atoms with van der Waals surface area (Å²) in [4.78, 5) is 15.4. The molecule has 0 aliphatic heterocycles. The Bertz CT molecular complexity index is 858. The van der Waals surface area contributed by atoms with Crippen LogP contribution in [0.4, 0.5) is 0 Å². The van der Waals surface area contributed by atoms with E-state index in [1.807, 2.05) is 73.7 Å². The van der Waals surface area contributed by atoms with Gasteiger partial charge in [0.2, 0.25) is 0 Å². The number of nitrogens with zero attached hydrogens (tertiary/aromatic N) is 1. The molecule has 3 aromatic rings. The molecular formula is C27H31NO3. The Morgan fingerprint density at radius 3 is 1.71 bits per heavy atom. The van der Waals surface area contributed by atoms with Gasteiger partial charge in [0.15, 0.2) is 0 Å². The van der Waals surface area contributed by atoms with Gasteiger partial charge in [-0.1, -0.05) is 97.9 Å². The highest BCUT2D eigenvalue weighted by atomic mass is 16.5. The van der Waals surface area contributed by atoms with Crippen molar-refractivity contribution in [3.63, 3.8) is 0 Å². The van der Waals surface area contributed by atoms with Gasteiger partial charge in [-0.15, -0.1) is 0 Å². The van der Waals surface area contributed by atoms with Crippen LogP contribution < -0.4 is 0 Å². The van der Waals surface area contributed by atoms with E-state index in [-0.39, 0.29) is 25.1 Å². The largest absolute Gasteiger partial charge is 0.464 e. The molecule has 0 aliphatic carbocycles. The van der Waals surface area contributed by atoms with E-state index in [0.717, 1.165) is 16.7 Å². The minimum Gasteiger partial charge on any atom is -0.464 e. The van der Waals surface area contributed by atoms with Gasteiger partial charge in [-0.2, -0.15) is 0 Å². The molecule has 1 N–H and O–H groups in total. The van der Waals surface area contributed by atoms with E-state index < -0.39 is 6.04 Å². The first-order chi connectivity index (χ1) is 15.2. The number of aliphatic hydroxyl groups is 1. The highest BCUT2D eigenvalue weighted by molar-refractivity contribution is 5.76. The van der Waals surface area contributed by atoms with Crippen molar-refractivity contribution in [3.05, 3.63) is 108 Å². The number of carbonyl (C=O) groups is 1. The van der Waals surface area contributed by atoms with E-state index >= 15 is 0 Å². The second-order valence-electron chi connectivity index (χ2n) is 8.00. The lowest BCUT2D eigenvalue weighted by Gasteiger charge is -2.31. The second kappa shape index (κ2) is 12.0. The summed E-state index contributed by atoms with van der Waals surface area (Å²) in [7, 11) is 0. The minimum atomic E-state index is -0.436. The lowest BCUT2D eigenvalue weighted by atomic mass is 10.0. The average molecular weight is 418 g/mol. The Hall–Kier alpha value is -2.95. The molecule has 0 radical (unpaired) electrons. The maximum absolute atomic E-state index is 13.2. The van der Waals surface area contributed by atoms with Gasteiger partial charge in [0.1, 0.15) is 6.04 Å². The zero-order valence-corrected chi connectivity index (χ0v) is 18.1. The molecule has 0 amide bonds. The Morgan fingerprint density at radius 1 is 0.806 bits per heavy atom. The van der Waals surface area contributed by atoms with E-state index in [0.29, 0.717) is 19.5 Å². The summed E-state index contributed by atoms with van der Waals surface area (Å²) in [6, 6.07) is 30.0. The third-order valence-corrected chi connectivity index (χ3v) is 5.26. The van der Waals surface area contributed by atoms with Crippen LogP contribution in [0.15, 0.2) is 91.0 Å². The Balaban J connectivity index is 1.88. The molecule has 3 aromatic carbocycles. The summed E-state index contributed by atoms with van der Waals surface area (Å²) in [5, 5.41) is 9.32. The van der Waals surface area contributed by atoms with Crippen LogP contribution in [0.2, 0.25) is 0 Å². The molecule has 0 unspecified atom stereocenters. The third-order valence-electron chi connectivity index (χ3n) is 5.26. The van der Waals surface area contributed by atoms with Gasteiger partial charge in [-0.05, 0) is 23.1 Å². The molecule has 0 aliphatic rings. The molecule has 0 bridgehead atoms. The number of ether oxygens (including phenoxy) is 1. The van der Waals surface area contributed by atoms with Gasteiger partial charge in [0.25, 0.3) is 0 Å². The fourth-order valence-corrected chi connectivity index (χ4v) is 3.48. The van der Waals surface area contributed by atoms with Crippen molar-refractivity contribution in [2.75, 3.05) is 13.2 Å². The van der Waals surface area contributed by atoms with E-state index in [2.05, 4.69) is 29.2 Å². The first kappa shape index (κ1) is 22.7. The van der Waals surface area contributed by atoms with Crippen molar-refractivity contribution in [2.45, 2.75) is 32.5 Å². The van der Waals surface area contributed by atoms with Crippen LogP contribution in [0.5, 0.6) is 0 Å². The molecular weight excluding hydrogens is 386 g/mol. The smallest absolute Gasteiger partial charge is 0.323 e. The van der Waals surface area contributed by atoms with Gasteiger partial charge in [0, 0.05) is 25.6 Å². The fourth-order valence-electron chi connectivity index (χ4n) is 3.48. The molecule has 0 aromatic heterocycles. The van der Waals surface area contributed by atoms with Crippen molar-refractivity contribution in [3.8, 4) is 0 Å². The summed E-state index contributed by atoms with van der Waals surface area (Å²) in [5.74, 6) is -0.339. The number of rotatable bonds is 11. The summed E-state index contributed by atoms with van der Waals surface area (Å²) in [6.45, 7) is 3.35. The molecule has 4 heteroatoms. The van der Waals surface area contributed by atoms with Crippen LogP contribution in [-0.4, -0.2) is 35.2 Å². The fraction of sp³-hybridized carbons (Fsp3) is 0.296. The summed E-state index contributed by atoms with van der Waals surface area (Å²) in [5.41, 5.74) is 3.38. The lowest BCUT2D eigenvalue weighted by Crippen LogP contribution is -2.43. The normalized spacial score (nSPS) is 13.0. The SMILES string of the molecule is C[C@H](CO)COC(=O)[C@@H](Cc1ccccc1)N(Cc1ccccc1)Cc1ccccc1. The highest BCUT2D eigenvalue weighted by Crippen LogP contribution is 2.18. The molecule has 2 atom stereocenters. The quantitative estimate of drug-likeness (QED) is 0.468. The van der Waals surface area contributed by atoms with Gasteiger partial charge < -0.3 is 9.84 Å². The first-order valence-corrected chi connectivity index (χ1v) is 10.8. The van der Waals surface area contributed by atoms with E-state index in [1.165, 1.54) is 0 Å². The lowest BCUT2D eigenvalue weighted by molar-refractivity contribution is -0.152. The van der Waals surface area contributed by atoms with Crippen molar-refractivity contribution in [1.29, 1.82) is 0 Å². The average Bonchev–Trinajstić information content (AvgIpc) is 2.82. The first-order valence-electron chi connectivity index (χ1n) is 10.8. The van der Waals surface area contributed by atoms with E-state index in [9.17, 15) is 9.90 Å². The number of carbonyl (C=O) groups excluding carboxylic acids is 1. The van der Waals surface area contributed by atoms with Crippen LogP contribution in [0.25, 0.3) is 0 Å². The molecule has 4 nitrogen and oxygen atoms in total. The topological polar surface area (TPSA) is 49.8 Å². The Kier molecular flexibility index (Phi) is 8.83. The van der Waals surface area contributed by atoms with Crippen molar-refractivity contribution in [2.24, 2.45) is 5.92 Å². The monoisotopic (exact) mass is 417 g/mol. The molecule has 0 saturated heterocycles. The van der Waals surface area contributed by atoms with Crippen molar-refractivity contribution < 1.29 is 14.6 Å². The van der Waals surface area contributed by atoms with Crippen LogP contribution in [0.3, 0.4) is 0 Å². The van der Waals surface area contributed by atoms with Crippen LogP contribution in [0, 0.1) is 5.92 Å². The van der Waals surface area contributed by atoms with Crippen LogP contribution >= 0.6 is 0 Å². The van der Waals surface area contributed by atoms with Gasteiger partial charge in [-0.3, -0.25) is 9.69 Å². The predicted octanol–water partition coefficient (Wildman–Crippen LogP) is 4.47. The number of hydrogen-bond donors (Lipinski definition) is 1. The van der Waals surface area contributed by atoms with E-state index in [4.69, 9.17) is 4.74 Å². The van der Waals surface area contributed by atoms with E-state index in [1.54, 1.807) is 0 Å². The predicted molar refractivity (Wildman–Crippen MR) is 123 cm³/mol. The molecule has 0 fully saturated rings. The number of aliphatic hydroxyl groups excluding tert-OH is 1. The van der Waals surface area contributed by atoms with Gasteiger partial charge >= 0.3 is 5.97 Å². The summed E-state index contributed by atoms with van der Waals surface area (Å²) >= 11 is 0. The number of hydrogen-bond acceptors (Lipinski definition) is 4. The highest BCUT2D eigenvalue weighted by Gasteiger charge is 2.28. The van der Waals surface area contributed by atoms with Crippen molar-refractivity contribution >= 4 is 5.97 Å². The number of esters is 1. The molecule has 0 heterocycles. The maximum Gasteiger partial charge on any atom is 0.323 e. The maximum atomic E-state index is 13.2.